The van der Waals surface area contributed by atoms with E-state index >= 15 is 0 Å². The molecule has 5 heteroatoms. The lowest BCUT2D eigenvalue weighted by atomic mass is 10.0. The highest BCUT2D eigenvalue weighted by Gasteiger charge is 2.28. The van der Waals surface area contributed by atoms with Crippen molar-refractivity contribution in [1.82, 2.24) is 0 Å². The quantitative estimate of drug-likeness (QED) is 0.880. The number of fused-ring (bicyclic) bond motifs is 1. The van der Waals surface area contributed by atoms with Crippen molar-refractivity contribution < 1.29 is 9.53 Å². The minimum atomic E-state index is -0.531. The Balaban J connectivity index is 1.78. The van der Waals surface area contributed by atoms with Gasteiger partial charge in [0.2, 0.25) is 5.91 Å². The summed E-state index contributed by atoms with van der Waals surface area (Å²) in [7, 11) is 0. The number of carbonyl (C=O) groups is 1. The Hall–Kier alpha value is -1.59. The van der Waals surface area contributed by atoms with Crippen LogP contribution in [0.4, 0.5) is 11.4 Å². The molecule has 1 aromatic carbocycles. The molecule has 2 heterocycles. The third-order valence-electron chi connectivity index (χ3n) is 4.06. The topological polar surface area (TPSA) is 67.6 Å². The van der Waals surface area contributed by atoms with Crippen molar-refractivity contribution in [2.75, 3.05) is 29.9 Å². The van der Waals surface area contributed by atoms with E-state index in [1.165, 1.54) is 0 Å². The number of nitrogens with one attached hydrogen (secondary N) is 1. The standard InChI is InChI=1S/C15H21N3O2/c1-2-20-11-4-3-7-18(9-11)10-5-6-12-13(8-10)17-15(19)14(12)16/h5-6,8,11,14H,2-4,7,9,16H2,1H3,(H,17,19). The van der Waals surface area contributed by atoms with Crippen molar-refractivity contribution in [2.45, 2.75) is 31.9 Å². The molecule has 5 nitrogen and oxygen atoms in total. The summed E-state index contributed by atoms with van der Waals surface area (Å²) < 4.78 is 5.73. The molecule has 2 unspecified atom stereocenters. The monoisotopic (exact) mass is 275 g/mol. The summed E-state index contributed by atoms with van der Waals surface area (Å²) in [5.41, 5.74) is 8.69. The fourth-order valence-corrected chi connectivity index (χ4v) is 3.02. The number of rotatable bonds is 3. The molecule has 108 valence electrons. The molecule has 1 amide bonds. The zero-order valence-electron chi connectivity index (χ0n) is 11.8. The van der Waals surface area contributed by atoms with E-state index in [1.807, 2.05) is 25.1 Å². The van der Waals surface area contributed by atoms with Crippen LogP contribution < -0.4 is 16.0 Å². The fourth-order valence-electron chi connectivity index (χ4n) is 3.02. The Morgan fingerprint density at radius 1 is 1.50 bits per heavy atom. The van der Waals surface area contributed by atoms with Gasteiger partial charge in [-0.25, -0.2) is 0 Å². The Bertz CT molecular complexity index is 516. The van der Waals surface area contributed by atoms with Gasteiger partial charge in [-0.2, -0.15) is 0 Å². The zero-order chi connectivity index (χ0) is 14.1. The first kappa shape index (κ1) is 13.4. The largest absolute Gasteiger partial charge is 0.377 e. The van der Waals surface area contributed by atoms with Crippen LogP contribution in [0.3, 0.4) is 0 Å². The number of piperidine rings is 1. The van der Waals surface area contributed by atoms with Crippen LogP contribution in [0.25, 0.3) is 0 Å². The first-order valence-corrected chi connectivity index (χ1v) is 7.26. The molecule has 1 fully saturated rings. The van der Waals surface area contributed by atoms with Gasteiger partial charge in [-0.3, -0.25) is 4.79 Å². The van der Waals surface area contributed by atoms with E-state index in [4.69, 9.17) is 10.5 Å². The fraction of sp³-hybridized carbons (Fsp3) is 0.533. The third-order valence-corrected chi connectivity index (χ3v) is 4.06. The number of nitrogens with zero attached hydrogens (tertiary/aromatic N) is 1. The minimum absolute atomic E-state index is 0.122. The maximum absolute atomic E-state index is 11.6. The van der Waals surface area contributed by atoms with Gasteiger partial charge in [-0.1, -0.05) is 6.07 Å². The molecular weight excluding hydrogens is 254 g/mol. The van der Waals surface area contributed by atoms with Gasteiger partial charge in [0.1, 0.15) is 6.04 Å². The highest BCUT2D eigenvalue weighted by Crippen LogP contribution is 2.33. The van der Waals surface area contributed by atoms with Crippen LogP contribution in [-0.4, -0.2) is 31.7 Å². The van der Waals surface area contributed by atoms with E-state index < -0.39 is 6.04 Å². The molecule has 0 radical (unpaired) electrons. The molecule has 2 atom stereocenters. The molecule has 1 aromatic rings. The Morgan fingerprint density at radius 3 is 3.15 bits per heavy atom. The molecule has 0 aliphatic carbocycles. The molecule has 0 spiro atoms. The number of amides is 1. The first-order chi connectivity index (χ1) is 9.69. The summed E-state index contributed by atoms with van der Waals surface area (Å²) >= 11 is 0. The summed E-state index contributed by atoms with van der Waals surface area (Å²) in [6, 6.07) is 5.50. The second kappa shape index (κ2) is 5.42. The van der Waals surface area contributed by atoms with Gasteiger partial charge in [0.05, 0.1) is 6.10 Å². The molecule has 3 rings (SSSR count). The molecule has 2 aliphatic rings. The summed E-state index contributed by atoms with van der Waals surface area (Å²) in [5.74, 6) is -0.122. The normalized spacial score (nSPS) is 25.5. The van der Waals surface area contributed by atoms with Gasteiger partial charge >= 0.3 is 0 Å². The van der Waals surface area contributed by atoms with Gasteiger partial charge in [-0.15, -0.1) is 0 Å². The Kier molecular flexibility index (Phi) is 3.63. The van der Waals surface area contributed by atoms with E-state index in [0.29, 0.717) is 6.10 Å². The number of ether oxygens (including phenoxy) is 1. The summed E-state index contributed by atoms with van der Waals surface area (Å²) in [6.07, 6.45) is 2.56. The first-order valence-electron chi connectivity index (χ1n) is 7.26. The van der Waals surface area contributed by atoms with Crippen LogP contribution in [0.5, 0.6) is 0 Å². The van der Waals surface area contributed by atoms with Crippen molar-refractivity contribution in [3.8, 4) is 0 Å². The van der Waals surface area contributed by atoms with Crippen molar-refractivity contribution in [3.05, 3.63) is 23.8 Å². The molecule has 20 heavy (non-hydrogen) atoms. The maximum Gasteiger partial charge on any atom is 0.245 e. The highest BCUT2D eigenvalue weighted by atomic mass is 16.5. The third kappa shape index (κ3) is 2.39. The predicted octanol–water partition coefficient (Wildman–Crippen LogP) is 1.64. The number of hydrogen-bond acceptors (Lipinski definition) is 4. The maximum atomic E-state index is 11.6. The van der Waals surface area contributed by atoms with Gasteiger partial charge in [0.15, 0.2) is 0 Å². The van der Waals surface area contributed by atoms with Gasteiger partial charge in [0, 0.05) is 36.6 Å². The number of hydrogen-bond donors (Lipinski definition) is 2. The van der Waals surface area contributed by atoms with E-state index in [1.54, 1.807) is 0 Å². The zero-order valence-corrected chi connectivity index (χ0v) is 11.8. The molecule has 0 bridgehead atoms. The Labute approximate surface area is 119 Å². The van der Waals surface area contributed by atoms with Crippen LogP contribution >= 0.6 is 0 Å². The van der Waals surface area contributed by atoms with Crippen molar-refractivity contribution in [2.24, 2.45) is 5.73 Å². The molecular formula is C15H21N3O2. The SMILES string of the molecule is CCOC1CCCN(c2ccc3c(c2)NC(=O)C3N)C1. The lowest BCUT2D eigenvalue weighted by Gasteiger charge is -2.34. The minimum Gasteiger partial charge on any atom is -0.377 e. The van der Waals surface area contributed by atoms with Crippen LogP contribution in [-0.2, 0) is 9.53 Å². The number of nitrogens with two attached hydrogens (primary N) is 1. The summed E-state index contributed by atoms with van der Waals surface area (Å²) in [4.78, 5) is 13.9. The lowest BCUT2D eigenvalue weighted by Crippen LogP contribution is -2.39. The predicted molar refractivity (Wildman–Crippen MR) is 78.9 cm³/mol. The molecule has 0 saturated carbocycles. The van der Waals surface area contributed by atoms with Crippen LogP contribution in [0.15, 0.2) is 18.2 Å². The second-order valence-corrected chi connectivity index (χ2v) is 5.40. The summed E-state index contributed by atoms with van der Waals surface area (Å²) in [5, 5.41) is 2.84. The van der Waals surface area contributed by atoms with E-state index in [-0.39, 0.29) is 5.91 Å². The number of benzene rings is 1. The molecule has 0 aromatic heterocycles. The van der Waals surface area contributed by atoms with Crippen LogP contribution in [0.2, 0.25) is 0 Å². The lowest BCUT2D eigenvalue weighted by molar-refractivity contribution is -0.116. The van der Waals surface area contributed by atoms with Crippen molar-refractivity contribution >= 4 is 17.3 Å². The van der Waals surface area contributed by atoms with E-state index in [2.05, 4.69) is 10.2 Å². The molecule has 3 N–H and O–H groups in total. The molecule has 2 aliphatic heterocycles. The van der Waals surface area contributed by atoms with Crippen LogP contribution in [0, 0.1) is 0 Å². The average molecular weight is 275 g/mol. The van der Waals surface area contributed by atoms with Crippen molar-refractivity contribution in [1.29, 1.82) is 0 Å². The number of carbonyl (C=O) groups excluding carboxylic acids is 1. The van der Waals surface area contributed by atoms with Gasteiger partial charge in [-0.05, 0) is 31.9 Å². The number of anilines is 2. The van der Waals surface area contributed by atoms with E-state index in [9.17, 15) is 4.79 Å². The average Bonchev–Trinajstić information content (AvgIpc) is 2.74. The highest BCUT2D eigenvalue weighted by molar-refractivity contribution is 6.02. The van der Waals surface area contributed by atoms with Crippen molar-refractivity contribution in [3.63, 3.8) is 0 Å². The second-order valence-electron chi connectivity index (χ2n) is 5.40. The molecule has 1 saturated heterocycles. The van der Waals surface area contributed by atoms with Gasteiger partial charge < -0.3 is 20.7 Å². The van der Waals surface area contributed by atoms with Crippen LogP contribution in [0.1, 0.15) is 31.4 Å². The van der Waals surface area contributed by atoms with E-state index in [0.717, 1.165) is 49.5 Å². The Morgan fingerprint density at radius 2 is 2.35 bits per heavy atom. The smallest absolute Gasteiger partial charge is 0.245 e. The van der Waals surface area contributed by atoms with Gasteiger partial charge in [0.25, 0.3) is 0 Å². The summed E-state index contributed by atoms with van der Waals surface area (Å²) in [6.45, 7) is 4.73.